The van der Waals surface area contributed by atoms with Crippen LogP contribution in [0.4, 0.5) is 10.6 Å². The van der Waals surface area contributed by atoms with Crippen LogP contribution in [0.3, 0.4) is 0 Å². The average Bonchev–Trinajstić information content (AvgIpc) is 3.28. The molecule has 0 saturated carbocycles. The number of hydrogen-bond acceptors (Lipinski definition) is 7. The number of β-amino-alcohol motifs (C(OH)–C–C–N with tert-alkyl or cyclic N) is 1. The van der Waals surface area contributed by atoms with E-state index in [0.29, 0.717) is 19.5 Å². The van der Waals surface area contributed by atoms with Gasteiger partial charge in [-0.2, -0.15) is 9.61 Å². The van der Waals surface area contributed by atoms with Gasteiger partial charge in [-0.05, 0) is 51.3 Å². The van der Waals surface area contributed by atoms with Crippen molar-refractivity contribution in [2.24, 2.45) is 0 Å². The monoisotopic (exact) mass is 556 g/mol. The van der Waals surface area contributed by atoms with Crippen LogP contribution in [0.1, 0.15) is 32.0 Å². The number of benzene rings is 2. The minimum Gasteiger partial charge on any atom is -0.444 e. The van der Waals surface area contributed by atoms with Crippen molar-refractivity contribution in [2.45, 2.75) is 39.7 Å². The quantitative estimate of drug-likeness (QED) is 0.329. The Bertz CT molecular complexity index is 1490. The summed E-state index contributed by atoms with van der Waals surface area (Å²) in [4.78, 5) is 21.9. The second-order valence-corrected chi connectivity index (χ2v) is 11.5. The Labute approximate surface area is 241 Å². The Hall–Kier alpha value is -3.95. The summed E-state index contributed by atoms with van der Waals surface area (Å²) in [5, 5.41) is 17.2. The Morgan fingerprint density at radius 2 is 1.73 bits per heavy atom. The van der Waals surface area contributed by atoms with Crippen LogP contribution in [0.15, 0.2) is 60.7 Å². The largest absolute Gasteiger partial charge is 0.444 e. The molecule has 2 aromatic carbocycles. The number of aliphatic hydroxyl groups excluding tert-OH is 1. The fourth-order valence-corrected chi connectivity index (χ4v) is 5.28. The van der Waals surface area contributed by atoms with Crippen LogP contribution in [0, 0.1) is 6.92 Å². The van der Waals surface area contributed by atoms with E-state index in [1.54, 1.807) is 0 Å². The van der Waals surface area contributed by atoms with Gasteiger partial charge in [0.1, 0.15) is 11.4 Å². The van der Waals surface area contributed by atoms with Crippen LogP contribution in [0.5, 0.6) is 0 Å². The highest BCUT2D eigenvalue weighted by Crippen LogP contribution is 2.33. The summed E-state index contributed by atoms with van der Waals surface area (Å²) in [7, 11) is 0. The minimum atomic E-state index is -0.526. The number of rotatable bonds is 8. The second kappa shape index (κ2) is 12.3. The fourth-order valence-electron chi connectivity index (χ4n) is 5.28. The van der Waals surface area contributed by atoms with Gasteiger partial charge in [0.25, 0.3) is 0 Å². The zero-order chi connectivity index (χ0) is 29.0. The first kappa shape index (κ1) is 28.6. The van der Waals surface area contributed by atoms with Crippen molar-refractivity contribution < 1.29 is 14.6 Å². The van der Waals surface area contributed by atoms with Crippen molar-refractivity contribution in [1.82, 2.24) is 24.8 Å². The minimum absolute atomic E-state index is 0.173. The van der Waals surface area contributed by atoms with E-state index in [2.05, 4.69) is 51.5 Å². The van der Waals surface area contributed by atoms with Gasteiger partial charge in [0.05, 0.1) is 18.0 Å². The molecule has 5 rings (SSSR count). The third kappa shape index (κ3) is 6.86. The SMILES string of the molecule is Cc1nn2c(N3CCN(CCO)CC3)cc(-c3cccc(CCNC(=O)OC(C)(C)C)c3)nc2c1-c1ccccc1. The third-order valence-electron chi connectivity index (χ3n) is 7.22. The summed E-state index contributed by atoms with van der Waals surface area (Å²) in [6.45, 7) is 12.4. The van der Waals surface area contributed by atoms with Gasteiger partial charge in [0, 0.05) is 56.5 Å². The van der Waals surface area contributed by atoms with E-state index in [1.165, 1.54) is 0 Å². The molecule has 0 aliphatic carbocycles. The lowest BCUT2D eigenvalue weighted by molar-refractivity contribution is 0.0528. The molecular weight excluding hydrogens is 516 g/mol. The molecule has 1 aliphatic heterocycles. The molecule has 1 amide bonds. The van der Waals surface area contributed by atoms with Crippen molar-refractivity contribution in [3.63, 3.8) is 0 Å². The smallest absolute Gasteiger partial charge is 0.407 e. The Balaban J connectivity index is 1.48. The van der Waals surface area contributed by atoms with Crippen LogP contribution < -0.4 is 10.2 Å². The van der Waals surface area contributed by atoms with Crippen molar-refractivity contribution in [3.8, 4) is 22.4 Å². The van der Waals surface area contributed by atoms with E-state index in [-0.39, 0.29) is 6.61 Å². The Morgan fingerprint density at radius 3 is 2.44 bits per heavy atom. The first-order valence-corrected chi connectivity index (χ1v) is 14.3. The number of anilines is 1. The first-order valence-electron chi connectivity index (χ1n) is 14.3. The molecule has 216 valence electrons. The van der Waals surface area contributed by atoms with E-state index in [1.807, 2.05) is 56.5 Å². The molecule has 9 nitrogen and oxygen atoms in total. The van der Waals surface area contributed by atoms with Crippen LogP contribution in [-0.4, -0.2) is 82.2 Å². The molecule has 0 bridgehead atoms. The van der Waals surface area contributed by atoms with Gasteiger partial charge >= 0.3 is 6.09 Å². The first-order chi connectivity index (χ1) is 19.7. The number of nitrogens with zero attached hydrogens (tertiary/aromatic N) is 5. The van der Waals surface area contributed by atoms with E-state index in [9.17, 15) is 9.90 Å². The van der Waals surface area contributed by atoms with Gasteiger partial charge < -0.3 is 20.1 Å². The van der Waals surface area contributed by atoms with E-state index < -0.39 is 11.7 Å². The van der Waals surface area contributed by atoms with Crippen LogP contribution in [-0.2, 0) is 11.2 Å². The molecule has 1 fully saturated rings. The van der Waals surface area contributed by atoms with Gasteiger partial charge in [-0.15, -0.1) is 0 Å². The van der Waals surface area contributed by atoms with Gasteiger partial charge in [0.2, 0.25) is 0 Å². The molecule has 2 N–H and O–H groups in total. The Morgan fingerprint density at radius 1 is 1.00 bits per heavy atom. The van der Waals surface area contributed by atoms with E-state index >= 15 is 0 Å². The number of amides is 1. The summed E-state index contributed by atoms with van der Waals surface area (Å²) in [6.07, 6.45) is 0.268. The number of aromatic nitrogens is 3. The van der Waals surface area contributed by atoms with Gasteiger partial charge in [-0.3, -0.25) is 4.90 Å². The zero-order valence-electron chi connectivity index (χ0n) is 24.4. The lowest BCUT2D eigenvalue weighted by Crippen LogP contribution is -2.47. The molecule has 41 heavy (non-hydrogen) atoms. The maximum Gasteiger partial charge on any atom is 0.407 e. The number of aryl methyl sites for hydroxylation is 1. The number of piperazine rings is 1. The molecule has 2 aromatic heterocycles. The normalized spacial score (nSPS) is 14.4. The van der Waals surface area contributed by atoms with Gasteiger partial charge in [-0.1, -0.05) is 48.5 Å². The molecule has 0 spiro atoms. The summed E-state index contributed by atoms with van der Waals surface area (Å²) in [5.74, 6) is 1.01. The third-order valence-corrected chi connectivity index (χ3v) is 7.22. The highest BCUT2D eigenvalue weighted by molar-refractivity contribution is 5.83. The van der Waals surface area contributed by atoms with Gasteiger partial charge in [-0.25, -0.2) is 9.78 Å². The van der Waals surface area contributed by atoms with Crippen molar-refractivity contribution >= 4 is 17.6 Å². The van der Waals surface area contributed by atoms with Crippen molar-refractivity contribution in [2.75, 3.05) is 50.8 Å². The highest BCUT2D eigenvalue weighted by Gasteiger charge is 2.23. The van der Waals surface area contributed by atoms with E-state index in [0.717, 1.165) is 71.3 Å². The molecule has 1 saturated heterocycles. The standard InChI is InChI=1S/C32H40N6O3/c1-23-29(25-10-6-5-7-11-25)30-34-27(22-28(38(30)35-23)37-17-15-36(16-18-37)19-20-39)26-12-8-9-24(21-26)13-14-33-31(40)41-32(2,3)4/h5-12,21-22,39H,13-20H2,1-4H3,(H,33,40). The molecule has 0 radical (unpaired) electrons. The Kier molecular flexibility index (Phi) is 8.56. The average molecular weight is 557 g/mol. The maximum absolute atomic E-state index is 12.1. The second-order valence-electron chi connectivity index (χ2n) is 11.5. The summed E-state index contributed by atoms with van der Waals surface area (Å²) < 4.78 is 7.35. The maximum atomic E-state index is 12.1. The predicted molar refractivity (Wildman–Crippen MR) is 162 cm³/mol. The topological polar surface area (TPSA) is 95.2 Å². The van der Waals surface area contributed by atoms with Crippen LogP contribution in [0.2, 0.25) is 0 Å². The molecule has 0 unspecified atom stereocenters. The number of fused-ring (bicyclic) bond motifs is 1. The number of carbonyl (C=O) groups excluding carboxylic acids is 1. The number of ether oxygens (including phenoxy) is 1. The van der Waals surface area contributed by atoms with Crippen molar-refractivity contribution in [1.29, 1.82) is 0 Å². The molecule has 3 heterocycles. The van der Waals surface area contributed by atoms with Crippen LogP contribution in [0.25, 0.3) is 28.0 Å². The summed E-state index contributed by atoms with van der Waals surface area (Å²) in [5.41, 5.74) is 6.36. The summed E-state index contributed by atoms with van der Waals surface area (Å²) >= 11 is 0. The number of alkyl carbamates (subject to hydrolysis) is 1. The number of carbonyl (C=O) groups is 1. The lowest BCUT2D eigenvalue weighted by Gasteiger charge is -2.35. The zero-order valence-corrected chi connectivity index (χ0v) is 24.4. The lowest BCUT2D eigenvalue weighted by atomic mass is 10.0. The predicted octanol–water partition coefficient (Wildman–Crippen LogP) is 4.55. The van der Waals surface area contributed by atoms with Crippen LogP contribution >= 0.6 is 0 Å². The number of hydrogen-bond donors (Lipinski definition) is 2. The number of nitrogens with one attached hydrogen (secondary N) is 1. The molecule has 1 aliphatic rings. The number of aliphatic hydroxyl groups is 1. The van der Waals surface area contributed by atoms with E-state index in [4.69, 9.17) is 14.8 Å². The fraction of sp³-hybridized carbons (Fsp3) is 0.406. The molecule has 9 heteroatoms. The molecular formula is C32H40N6O3. The molecule has 0 atom stereocenters. The summed E-state index contributed by atoms with van der Waals surface area (Å²) in [6, 6.07) is 20.8. The highest BCUT2D eigenvalue weighted by atomic mass is 16.6. The van der Waals surface area contributed by atoms with Gasteiger partial charge in [0.15, 0.2) is 5.65 Å². The van der Waals surface area contributed by atoms with Crippen molar-refractivity contribution in [3.05, 3.63) is 71.9 Å². The molecule has 4 aromatic rings.